The average molecular weight is 287 g/mol. The molecule has 2 heterocycles. The molecule has 2 N–H and O–H groups in total. The van der Waals surface area contributed by atoms with Gasteiger partial charge in [-0.25, -0.2) is 0 Å². The number of hydrogen-bond acceptors (Lipinski definition) is 4. The Morgan fingerprint density at radius 3 is 3.14 bits per heavy atom. The van der Waals surface area contributed by atoms with E-state index in [1.165, 1.54) is 16.7 Å². The summed E-state index contributed by atoms with van der Waals surface area (Å²) in [7, 11) is 1.69. The summed E-state index contributed by atoms with van der Waals surface area (Å²) in [5.74, 6) is 1.69. The molecule has 3 atom stereocenters. The maximum atomic E-state index is 9.97. The highest BCUT2D eigenvalue weighted by atomic mass is 16.5. The minimum Gasteiger partial charge on any atom is -0.493 e. The van der Waals surface area contributed by atoms with Crippen molar-refractivity contribution in [2.75, 3.05) is 13.7 Å². The van der Waals surface area contributed by atoms with Gasteiger partial charge < -0.3 is 19.9 Å². The summed E-state index contributed by atoms with van der Waals surface area (Å²) in [6, 6.07) is 2.06. The van der Waals surface area contributed by atoms with Crippen LogP contribution in [0.15, 0.2) is 18.2 Å². The number of hydrogen-bond donors (Lipinski definition) is 2. The molecule has 0 fully saturated rings. The van der Waals surface area contributed by atoms with Gasteiger partial charge in [-0.3, -0.25) is 0 Å². The van der Waals surface area contributed by atoms with Crippen LogP contribution in [0.4, 0.5) is 0 Å². The monoisotopic (exact) mass is 287 g/mol. The van der Waals surface area contributed by atoms with Crippen LogP contribution in [0.25, 0.3) is 0 Å². The summed E-state index contributed by atoms with van der Waals surface area (Å²) in [5.41, 5.74) is 3.72. The molecule has 4 nitrogen and oxygen atoms in total. The number of aliphatic hydroxyl groups excluding tert-OH is 1. The molecular formula is C17H21NO3. The van der Waals surface area contributed by atoms with Crippen molar-refractivity contribution in [3.8, 4) is 11.5 Å². The molecule has 1 spiro atoms. The highest BCUT2D eigenvalue weighted by molar-refractivity contribution is 5.63. The van der Waals surface area contributed by atoms with Crippen molar-refractivity contribution in [2.45, 2.75) is 43.9 Å². The zero-order chi connectivity index (χ0) is 14.6. The first-order valence-electron chi connectivity index (χ1n) is 7.61. The largest absolute Gasteiger partial charge is 0.493 e. The Labute approximate surface area is 124 Å². The van der Waals surface area contributed by atoms with Crippen molar-refractivity contribution in [1.82, 2.24) is 5.32 Å². The highest BCUT2D eigenvalue weighted by Gasteiger charge is 2.52. The number of aliphatic hydroxyl groups is 1. The van der Waals surface area contributed by atoms with Gasteiger partial charge in [0.05, 0.1) is 18.6 Å². The molecule has 2 unspecified atom stereocenters. The fourth-order valence-corrected chi connectivity index (χ4v) is 4.11. The van der Waals surface area contributed by atoms with Crippen molar-refractivity contribution >= 4 is 0 Å². The molecule has 0 radical (unpaired) electrons. The molecular weight excluding hydrogens is 266 g/mol. The second kappa shape index (κ2) is 4.49. The van der Waals surface area contributed by atoms with Gasteiger partial charge in [0.25, 0.3) is 0 Å². The molecule has 0 aromatic heterocycles. The molecule has 4 heteroatoms. The van der Waals surface area contributed by atoms with E-state index in [-0.39, 0.29) is 11.5 Å². The normalized spacial score (nSPS) is 32.9. The Bertz CT molecular complexity index is 625. The third-order valence-corrected chi connectivity index (χ3v) is 5.18. The minimum atomic E-state index is -0.415. The number of methoxy groups -OCH3 is 1. The number of ether oxygens (including phenoxy) is 2. The predicted molar refractivity (Wildman–Crippen MR) is 79.9 cm³/mol. The van der Waals surface area contributed by atoms with Crippen LogP contribution in [0, 0.1) is 6.92 Å². The first-order chi connectivity index (χ1) is 10.2. The molecule has 1 aromatic carbocycles. The van der Waals surface area contributed by atoms with Gasteiger partial charge in [-0.05, 0) is 37.1 Å². The second-order valence-electron chi connectivity index (χ2n) is 6.31. The molecule has 4 rings (SSSR count). The fraction of sp³-hybridized carbons (Fsp3) is 0.529. The number of nitrogens with one attached hydrogen (secondary N) is 1. The Hall–Kier alpha value is -1.52. The van der Waals surface area contributed by atoms with Crippen molar-refractivity contribution < 1.29 is 14.6 Å². The van der Waals surface area contributed by atoms with Gasteiger partial charge in [-0.15, -0.1) is 0 Å². The molecule has 2 aliphatic heterocycles. The summed E-state index contributed by atoms with van der Waals surface area (Å²) >= 11 is 0. The Morgan fingerprint density at radius 2 is 2.33 bits per heavy atom. The maximum Gasteiger partial charge on any atom is 0.166 e. The van der Waals surface area contributed by atoms with Crippen LogP contribution in [0.3, 0.4) is 0 Å². The van der Waals surface area contributed by atoms with Gasteiger partial charge >= 0.3 is 0 Å². The Morgan fingerprint density at radius 1 is 1.48 bits per heavy atom. The SMILES string of the molecule is COc1cc(C)c2c3c1OC1C[C@H](O)C=CC31CCNC2. The zero-order valence-corrected chi connectivity index (χ0v) is 12.5. The van der Waals surface area contributed by atoms with Crippen LogP contribution >= 0.6 is 0 Å². The van der Waals surface area contributed by atoms with Crippen LogP contribution in [-0.2, 0) is 12.0 Å². The lowest BCUT2D eigenvalue weighted by atomic mass is 9.68. The predicted octanol–water partition coefficient (Wildman–Crippen LogP) is 1.82. The second-order valence-corrected chi connectivity index (χ2v) is 6.31. The molecule has 3 aliphatic rings. The van der Waals surface area contributed by atoms with Gasteiger partial charge in [0.15, 0.2) is 11.5 Å². The first kappa shape index (κ1) is 13.2. The molecule has 1 aromatic rings. The number of aryl methyl sites for hydroxylation is 1. The summed E-state index contributed by atoms with van der Waals surface area (Å²) in [6.07, 6.45) is 5.33. The smallest absolute Gasteiger partial charge is 0.166 e. The van der Waals surface area contributed by atoms with Crippen molar-refractivity contribution in [3.05, 3.63) is 34.9 Å². The standard InChI is InChI=1S/C17H21NO3/c1-10-7-13(20-2)16-15-12(10)9-18-6-5-17(15)4-3-11(19)8-14(17)21-16/h3-4,7,11,14,18-19H,5-6,8-9H2,1-2H3/t11-,14?,17?/m1/s1. The lowest BCUT2D eigenvalue weighted by Gasteiger charge is -2.35. The molecule has 0 saturated carbocycles. The van der Waals surface area contributed by atoms with Crippen LogP contribution in [0.5, 0.6) is 11.5 Å². The molecule has 1 aliphatic carbocycles. The maximum absolute atomic E-state index is 9.97. The van der Waals surface area contributed by atoms with Gasteiger partial charge in [0, 0.05) is 18.5 Å². The van der Waals surface area contributed by atoms with Crippen molar-refractivity contribution in [3.63, 3.8) is 0 Å². The zero-order valence-electron chi connectivity index (χ0n) is 12.5. The topological polar surface area (TPSA) is 50.7 Å². The van der Waals surface area contributed by atoms with E-state index in [0.717, 1.165) is 31.0 Å². The van der Waals surface area contributed by atoms with Gasteiger partial charge in [0.2, 0.25) is 0 Å². The third-order valence-electron chi connectivity index (χ3n) is 5.18. The fourth-order valence-electron chi connectivity index (χ4n) is 4.11. The first-order valence-corrected chi connectivity index (χ1v) is 7.61. The molecule has 0 amide bonds. The van der Waals surface area contributed by atoms with Crippen molar-refractivity contribution in [2.24, 2.45) is 0 Å². The lowest BCUT2D eigenvalue weighted by Crippen LogP contribution is -2.42. The quantitative estimate of drug-likeness (QED) is 0.774. The van der Waals surface area contributed by atoms with E-state index < -0.39 is 6.10 Å². The average Bonchev–Trinajstić information content (AvgIpc) is 2.67. The van der Waals surface area contributed by atoms with Gasteiger partial charge in [0.1, 0.15) is 6.10 Å². The summed E-state index contributed by atoms with van der Waals surface area (Å²) in [6.45, 7) is 3.95. The van der Waals surface area contributed by atoms with Crippen LogP contribution in [-0.4, -0.2) is 31.0 Å². The van der Waals surface area contributed by atoms with Crippen LogP contribution in [0.2, 0.25) is 0 Å². The van der Waals surface area contributed by atoms with E-state index in [4.69, 9.17) is 9.47 Å². The lowest BCUT2D eigenvalue weighted by molar-refractivity contribution is 0.0851. The van der Waals surface area contributed by atoms with Crippen molar-refractivity contribution in [1.29, 1.82) is 0 Å². The van der Waals surface area contributed by atoms with E-state index in [9.17, 15) is 5.11 Å². The van der Waals surface area contributed by atoms with E-state index in [1.807, 2.05) is 6.08 Å². The van der Waals surface area contributed by atoms with E-state index in [0.29, 0.717) is 6.42 Å². The molecule has 0 saturated heterocycles. The van der Waals surface area contributed by atoms with E-state index in [2.05, 4.69) is 24.4 Å². The molecule has 21 heavy (non-hydrogen) atoms. The van der Waals surface area contributed by atoms with E-state index in [1.54, 1.807) is 7.11 Å². The van der Waals surface area contributed by atoms with Crippen LogP contribution < -0.4 is 14.8 Å². The van der Waals surface area contributed by atoms with Gasteiger partial charge in [-0.2, -0.15) is 0 Å². The summed E-state index contributed by atoms with van der Waals surface area (Å²) in [5, 5.41) is 13.5. The third kappa shape index (κ3) is 1.69. The summed E-state index contributed by atoms with van der Waals surface area (Å²) < 4.78 is 11.8. The molecule has 112 valence electrons. The number of benzene rings is 1. The Balaban J connectivity index is 2.00. The van der Waals surface area contributed by atoms with Crippen LogP contribution in [0.1, 0.15) is 29.5 Å². The Kier molecular flexibility index (Phi) is 2.81. The summed E-state index contributed by atoms with van der Waals surface area (Å²) in [4.78, 5) is 0. The number of rotatable bonds is 1. The van der Waals surface area contributed by atoms with E-state index >= 15 is 0 Å². The molecule has 0 bridgehead atoms. The minimum absolute atomic E-state index is 0.00171. The van der Waals surface area contributed by atoms with Gasteiger partial charge in [-0.1, -0.05) is 12.2 Å². The highest BCUT2D eigenvalue weighted by Crippen LogP contribution is 2.55.